The number of nitrogens with zero attached hydrogens (tertiary/aromatic N) is 1. The van der Waals surface area contributed by atoms with Gasteiger partial charge in [-0.1, -0.05) is 6.07 Å². The number of carbonyl (C=O) groups excluding carboxylic acids is 2. The molecule has 3 aliphatic rings. The second-order valence-electron chi connectivity index (χ2n) is 7.35. The SMILES string of the molecule is O=C(O)NC12CC(NC(=O)c3ccc(NC(=O)c4cccc(Br)n4)cc3)(C1)C2. The van der Waals surface area contributed by atoms with Gasteiger partial charge in [0.2, 0.25) is 0 Å². The second-order valence-corrected chi connectivity index (χ2v) is 8.16. The Morgan fingerprint density at radius 3 is 2.18 bits per heavy atom. The summed E-state index contributed by atoms with van der Waals surface area (Å²) in [6.07, 6.45) is 0.819. The van der Waals surface area contributed by atoms with Crippen molar-refractivity contribution >= 4 is 39.5 Å². The number of halogens is 1. The molecule has 28 heavy (non-hydrogen) atoms. The van der Waals surface area contributed by atoms with Gasteiger partial charge in [-0.3, -0.25) is 9.59 Å². The lowest BCUT2D eigenvalue weighted by Gasteiger charge is -2.69. The van der Waals surface area contributed by atoms with Gasteiger partial charge in [-0.2, -0.15) is 0 Å². The number of hydrogen-bond acceptors (Lipinski definition) is 4. The van der Waals surface area contributed by atoms with Crippen LogP contribution in [0.15, 0.2) is 47.1 Å². The van der Waals surface area contributed by atoms with E-state index in [9.17, 15) is 14.4 Å². The lowest BCUT2D eigenvalue weighted by molar-refractivity contribution is -0.0917. The summed E-state index contributed by atoms with van der Waals surface area (Å²) in [4.78, 5) is 39.5. The molecule has 5 rings (SSSR count). The van der Waals surface area contributed by atoms with E-state index in [0.29, 0.717) is 35.1 Å². The number of rotatable bonds is 5. The molecule has 2 aromatic rings. The van der Waals surface area contributed by atoms with E-state index in [0.717, 1.165) is 0 Å². The van der Waals surface area contributed by atoms with E-state index < -0.39 is 6.09 Å². The molecule has 4 N–H and O–H groups in total. The van der Waals surface area contributed by atoms with Gasteiger partial charge in [0.1, 0.15) is 10.3 Å². The first-order valence-corrected chi connectivity index (χ1v) is 9.45. The molecule has 1 aromatic heterocycles. The Morgan fingerprint density at radius 2 is 1.57 bits per heavy atom. The van der Waals surface area contributed by atoms with Crippen LogP contribution in [0.3, 0.4) is 0 Å². The van der Waals surface area contributed by atoms with Crippen LogP contribution in [0.1, 0.15) is 40.1 Å². The smallest absolute Gasteiger partial charge is 0.405 e. The minimum Gasteiger partial charge on any atom is -0.465 e. The van der Waals surface area contributed by atoms with Gasteiger partial charge in [-0.05, 0) is 71.6 Å². The van der Waals surface area contributed by atoms with Gasteiger partial charge in [-0.15, -0.1) is 0 Å². The predicted octanol–water partition coefficient (Wildman–Crippen LogP) is 2.77. The Hall–Kier alpha value is -2.94. The maximum Gasteiger partial charge on any atom is 0.405 e. The van der Waals surface area contributed by atoms with Gasteiger partial charge in [0.05, 0.1) is 5.54 Å². The summed E-state index contributed by atoms with van der Waals surface area (Å²) in [6, 6.07) is 11.6. The topological polar surface area (TPSA) is 120 Å². The lowest BCUT2D eigenvalue weighted by Crippen LogP contribution is -2.83. The van der Waals surface area contributed by atoms with Crippen molar-refractivity contribution in [3.8, 4) is 0 Å². The fraction of sp³-hybridized carbons (Fsp3) is 0.263. The molecule has 3 fully saturated rings. The van der Waals surface area contributed by atoms with Crippen molar-refractivity contribution in [1.29, 1.82) is 0 Å². The summed E-state index contributed by atoms with van der Waals surface area (Å²) in [5.41, 5.74) is 0.637. The number of pyridine rings is 1. The molecule has 0 saturated heterocycles. The van der Waals surface area contributed by atoms with Crippen LogP contribution in [-0.4, -0.2) is 39.1 Å². The zero-order valence-electron chi connectivity index (χ0n) is 14.7. The van der Waals surface area contributed by atoms with Gasteiger partial charge in [0.25, 0.3) is 11.8 Å². The zero-order valence-corrected chi connectivity index (χ0v) is 16.2. The van der Waals surface area contributed by atoms with E-state index >= 15 is 0 Å². The molecular weight excluding hydrogens is 428 g/mol. The Kier molecular flexibility index (Phi) is 4.34. The van der Waals surface area contributed by atoms with E-state index in [4.69, 9.17) is 5.11 Å². The van der Waals surface area contributed by atoms with Gasteiger partial charge in [0.15, 0.2) is 0 Å². The molecule has 0 unspecified atom stereocenters. The van der Waals surface area contributed by atoms with E-state index in [2.05, 4.69) is 36.9 Å². The molecule has 1 aromatic carbocycles. The third-order valence-electron chi connectivity index (χ3n) is 5.13. The van der Waals surface area contributed by atoms with Crippen LogP contribution in [0.5, 0.6) is 0 Å². The highest BCUT2D eigenvalue weighted by Gasteiger charge is 2.69. The monoisotopic (exact) mass is 444 g/mol. The highest BCUT2D eigenvalue weighted by Crippen LogP contribution is 2.60. The average molecular weight is 445 g/mol. The van der Waals surface area contributed by atoms with Gasteiger partial charge in [0, 0.05) is 16.8 Å². The Morgan fingerprint density at radius 1 is 0.929 bits per heavy atom. The third-order valence-corrected chi connectivity index (χ3v) is 5.58. The molecule has 3 amide bonds. The number of carbonyl (C=O) groups is 3. The quantitative estimate of drug-likeness (QED) is 0.528. The molecule has 0 spiro atoms. The van der Waals surface area contributed by atoms with Crippen LogP contribution in [0.2, 0.25) is 0 Å². The molecule has 0 radical (unpaired) electrons. The first-order chi connectivity index (χ1) is 13.3. The van der Waals surface area contributed by atoms with Crippen LogP contribution in [0, 0.1) is 0 Å². The number of nitrogens with one attached hydrogen (secondary N) is 3. The standard InChI is InChI=1S/C19H17BrN4O4/c20-14-3-1-2-13(22-14)16(26)21-12-6-4-11(5-7-12)15(25)23-18-8-19(9-18,10-18)24-17(27)28/h1-7,24H,8-10H2,(H,21,26)(H,23,25)(H,27,28). The summed E-state index contributed by atoms with van der Waals surface area (Å²) >= 11 is 3.23. The average Bonchev–Trinajstić information content (AvgIpc) is 2.59. The number of carboxylic acid groups (broad SMARTS) is 1. The lowest BCUT2D eigenvalue weighted by atomic mass is 9.44. The normalized spacial score (nSPS) is 24.3. The van der Waals surface area contributed by atoms with Crippen LogP contribution in [-0.2, 0) is 0 Å². The molecule has 2 bridgehead atoms. The maximum absolute atomic E-state index is 12.4. The molecule has 144 valence electrons. The van der Waals surface area contributed by atoms with Crippen molar-refractivity contribution < 1.29 is 19.5 Å². The van der Waals surface area contributed by atoms with Crippen molar-refractivity contribution in [1.82, 2.24) is 15.6 Å². The third kappa shape index (κ3) is 3.45. The van der Waals surface area contributed by atoms with Gasteiger partial charge < -0.3 is 21.1 Å². The zero-order chi connectivity index (χ0) is 19.9. The van der Waals surface area contributed by atoms with Crippen LogP contribution >= 0.6 is 15.9 Å². The Balaban J connectivity index is 1.33. The molecule has 0 atom stereocenters. The minimum atomic E-state index is -1.03. The fourth-order valence-electron chi connectivity index (χ4n) is 4.03. The first-order valence-electron chi connectivity index (χ1n) is 8.66. The van der Waals surface area contributed by atoms with E-state index in [-0.39, 0.29) is 28.6 Å². The highest BCUT2D eigenvalue weighted by molar-refractivity contribution is 9.10. The van der Waals surface area contributed by atoms with E-state index in [1.807, 2.05) is 0 Å². The van der Waals surface area contributed by atoms with Crippen LogP contribution in [0.25, 0.3) is 0 Å². The van der Waals surface area contributed by atoms with E-state index in [1.165, 1.54) is 0 Å². The summed E-state index contributed by atoms with van der Waals surface area (Å²) in [7, 11) is 0. The number of amides is 3. The summed E-state index contributed by atoms with van der Waals surface area (Å²) in [6.45, 7) is 0. The molecule has 3 saturated carbocycles. The predicted molar refractivity (Wildman–Crippen MR) is 104 cm³/mol. The second kappa shape index (κ2) is 6.59. The minimum absolute atomic E-state index is 0.213. The highest BCUT2D eigenvalue weighted by atomic mass is 79.9. The van der Waals surface area contributed by atoms with Crippen LogP contribution in [0.4, 0.5) is 10.5 Å². The van der Waals surface area contributed by atoms with Gasteiger partial charge in [-0.25, -0.2) is 9.78 Å². The first kappa shape index (κ1) is 18.4. The van der Waals surface area contributed by atoms with Crippen LogP contribution < -0.4 is 16.0 Å². The fourth-order valence-corrected chi connectivity index (χ4v) is 4.37. The summed E-state index contributed by atoms with van der Waals surface area (Å²) in [5.74, 6) is -0.557. The van der Waals surface area contributed by atoms with Crippen molar-refractivity contribution in [3.05, 3.63) is 58.3 Å². The Labute approximate surface area is 168 Å². The number of anilines is 1. The largest absolute Gasteiger partial charge is 0.465 e. The van der Waals surface area contributed by atoms with E-state index in [1.54, 1.807) is 42.5 Å². The summed E-state index contributed by atoms with van der Waals surface area (Å²) < 4.78 is 0.570. The number of benzene rings is 1. The maximum atomic E-state index is 12.4. The molecule has 3 aliphatic carbocycles. The number of hydrogen-bond donors (Lipinski definition) is 4. The van der Waals surface area contributed by atoms with Crippen molar-refractivity contribution in [2.75, 3.05) is 5.32 Å². The van der Waals surface area contributed by atoms with Crippen molar-refractivity contribution in [2.45, 2.75) is 30.3 Å². The summed E-state index contributed by atoms with van der Waals surface area (Å²) in [5, 5.41) is 17.1. The van der Waals surface area contributed by atoms with Gasteiger partial charge >= 0.3 is 6.09 Å². The molecule has 9 heteroatoms. The molecular formula is C19H17BrN4O4. The molecule has 1 heterocycles. The molecule has 0 aliphatic heterocycles. The molecule has 8 nitrogen and oxygen atoms in total. The number of aromatic nitrogens is 1. The Bertz CT molecular complexity index is 956. The van der Waals surface area contributed by atoms with Crippen molar-refractivity contribution in [2.24, 2.45) is 0 Å². The van der Waals surface area contributed by atoms with Crippen molar-refractivity contribution in [3.63, 3.8) is 0 Å².